The van der Waals surface area contributed by atoms with Gasteiger partial charge in [-0.1, -0.05) is 25.5 Å². The van der Waals surface area contributed by atoms with E-state index in [1.54, 1.807) is 11.0 Å². The summed E-state index contributed by atoms with van der Waals surface area (Å²) in [5, 5.41) is 9.03. The first kappa shape index (κ1) is 14.5. The molecule has 18 heavy (non-hydrogen) atoms. The first-order chi connectivity index (χ1) is 8.61. The summed E-state index contributed by atoms with van der Waals surface area (Å²) in [5.41, 5.74) is 7.90. The Balaban J connectivity index is 2.90. The molecule has 1 amide bonds. The molecule has 0 aromatic heterocycles. The lowest BCUT2D eigenvalue weighted by molar-refractivity contribution is 0.0720. The van der Waals surface area contributed by atoms with Gasteiger partial charge < -0.3 is 15.7 Å². The minimum atomic E-state index is -0.0984. The van der Waals surface area contributed by atoms with Gasteiger partial charge in [-0.2, -0.15) is 0 Å². The Bertz CT molecular complexity index is 405. The fourth-order valence-corrected chi connectivity index (χ4v) is 1.82. The molecule has 4 nitrogen and oxygen atoms in total. The Labute approximate surface area is 108 Å². The van der Waals surface area contributed by atoms with Crippen molar-refractivity contribution in [1.29, 1.82) is 0 Å². The summed E-state index contributed by atoms with van der Waals surface area (Å²) in [4.78, 5) is 14.0. The lowest BCUT2D eigenvalue weighted by atomic mass is 10.1. The molecule has 0 atom stereocenters. The number of aryl methyl sites for hydroxylation is 1. The summed E-state index contributed by atoms with van der Waals surface area (Å²) in [7, 11) is 0. The van der Waals surface area contributed by atoms with Crippen molar-refractivity contribution in [2.75, 3.05) is 25.4 Å². The first-order valence-corrected chi connectivity index (χ1v) is 6.37. The molecular formula is C14H22N2O2. The van der Waals surface area contributed by atoms with Gasteiger partial charge >= 0.3 is 0 Å². The predicted molar refractivity (Wildman–Crippen MR) is 73.5 cm³/mol. The lowest BCUT2D eigenvalue weighted by Crippen LogP contribution is -2.35. The van der Waals surface area contributed by atoms with E-state index >= 15 is 0 Å². The maximum Gasteiger partial charge on any atom is 0.256 e. The molecule has 1 aromatic carbocycles. The number of benzene rings is 1. The number of aliphatic hydroxyl groups is 1. The highest BCUT2D eigenvalue weighted by Crippen LogP contribution is 2.18. The number of hydrogen-bond acceptors (Lipinski definition) is 3. The Kier molecular flexibility index (Phi) is 5.65. The van der Waals surface area contributed by atoms with Crippen LogP contribution in [-0.2, 0) is 0 Å². The van der Waals surface area contributed by atoms with Crippen molar-refractivity contribution in [2.24, 2.45) is 0 Å². The number of rotatable bonds is 6. The molecular weight excluding hydrogens is 228 g/mol. The molecule has 1 rings (SSSR count). The normalized spacial score (nSPS) is 10.4. The standard InChI is InChI=1S/C14H22N2O2/c1-3-4-8-16(9-10-17)14(18)12-7-5-6-11(2)13(12)15/h5-7,17H,3-4,8-10,15H2,1-2H3. The van der Waals surface area contributed by atoms with Crippen molar-refractivity contribution in [1.82, 2.24) is 4.90 Å². The van der Waals surface area contributed by atoms with Gasteiger partial charge in [0.25, 0.3) is 5.91 Å². The number of aliphatic hydroxyl groups excluding tert-OH is 1. The monoisotopic (exact) mass is 250 g/mol. The number of para-hydroxylation sites is 1. The smallest absolute Gasteiger partial charge is 0.256 e. The summed E-state index contributed by atoms with van der Waals surface area (Å²) in [6.07, 6.45) is 1.94. The van der Waals surface area contributed by atoms with Crippen LogP contribution in [0.15, 0.2) is 18.2 Å². The number of carbonyl (C=O) groups is 1. The van der Waals surface area contributed by atoms with E-state index < -0.39 is 0 Å². The Morgan fingerprint density at radius 1 is 1.39 bits per heavy atom. The zero-order chi connectivity index (χ0) is 13.5. The van der Waals surface area contributed by atoms with Gasteiger partial charge in [0.05, 0.1) is 12.2 Å². The van der Waals surface area contributed by atoms with Crippen molar-refractivity contribution in [3.8, 4) is 0 Å². The van der Waals surface area contributed by atoms with Crippen LogP contribution in [0.4, 0.5) is 5.69 Å². The number of carbonyl (C=O) groups excluding carboxylic acids is 1. The van der Waals surface area contributed by atoms with E-state index in [4.69, 9.17) is 10.8 Å². The molecule has 0 heterocycles. The molecule has 100 valence electrons. The fourth-order valence-electron chi connectivity index (χ4n) is 1.82. The third kappa shape index (κ3) is 3.47. The van der Waals surface area contributed by atoms with Crippen molar-refractivity contribution >= 4 is 11.6 Å². The van der Waals surface area contributed by atoms with Gasteiger partial charge in [0.2, 0.25) is 0 Å². The van der Waals surface area contributed by atoms with Gasteiger partial charge in [0.15, 0.2) is 0 Å². The molecule has 0 fully saturated rings. The van der Waals surface area contributed by atoms with E-state index in [1.165, 1.54) is 0 Å². The molecule has 0 saturated carbocycles. The van der Waals surface area contributed by atoms with E-state index in [1.807, 2.05) is 19.1 Å². The van der Waals surface area contributed by atoms with Gasteiger partial charge in [-0.05, 0) is 25.0 Å². The maximum absolute atomic E-state index is 12.3. The van der Waals surface area contributed by atoms with E-state index in [2.05, 4.69) is 6.92 Å². The topological polar surface area (TPSA) is 66.6 Å². The van der Waals surface area contributed by atoms with Crippen molar-refractivity contribution in [2.45, 2.75) is 26.7 Å². The molecule has 0 spiro atoms. The Morgan fingerprint density at radius 3 is 2.72 bits per heavy atom. The molecule has 0 aliphatic rings. The summed E-state index contributed by atoms with van der Waals surface area (Å²) in [6, 6.07) is 5.45. The molecule has 0 aliphatic heterocycles. The SMILES string of the molecule is CCCCN(CCO)C(=O)c1cccc(C)c1N. The highest BCUT2D eigenvalue weighted by Gasteiger charge is 2.17. The van der Waals surface area contributed by atoms with Crippen LogP contribution in [0.1, 0.15) is 35.7 Å². The Hall–Kier alpha value is -1.55. The average Bonchev–Trinajstić information content (AvgIpc) is 2.37. The van der Waals surface area contributed by atoms with Crippen molar-refractivity contribution in [3.63, 3.8) is 0 Å². The van der Waals surface area contributed by atoms with E-state index in [9.17, 15) is 4.79 Å². The van der Waals surface area contributed by atoms with Gasteiger partial charge in [0, 0.05) is 18.8 Å². The van der Waals surface area contributed by atoms with Gasteiger partial charge in [-0.25, -0.2) is 0 Å². The second kappa shape index (κ2) is 7.01. The van der Waals surface area contributed by atoms with Crippen molar-refractivity contribution in [3.05, 3.63) is 29.3 Å². The summed E-state index contributed by atoms with van der Waals surface area (Å²) >= 11 is 0. The van der Waals surface area contributed by atoms with Gasteiger partial charge in [0.1, 0.15) is 0 Å². The first-order valence-electron chi connectivity index (χ1n) is 6.37. The summed E-state index contributed by atoms with van der Waals surface area (Å²) < 4.78 is 0. The fraction of sp³-hybridized carbons (Fsp3) is 0.500. The number of unbranched alkanes of at least 4 members (excludes halogenated alkanes) is 1. The minimum Gasteiger partial charge on any atom is -0.398 e. The van der Waals surface area contributed by atoms with Crippen LogP contribution in [0.25, 0.3) is 0 Å². The average molecular weight is 250 g/mol. The third-order valence-electron chi connectivity index (χ3n) is 2.99. The van der Waals surface area contributed by atoms with Crippen LogP contribution in [0.2, 0.25) is 0 Å². The van der Waals surface area contributed by atoms with Gasteiger partial charge in [-0.15, -0.1) is 0 Å². The predicted octanol–water partition coefficient (Wildman–Crippen LogP) is 1.81. The van der Waals surface area contributed by atoms with E-state index in [-0.39, 0.29) is 12.5 Å². The number of amides is 1. The molecule has 3 N–H and O–H groups in total. The molecule has 0 radical (unpaired) electrons. The maximum atomic E-state index is 12.3. The molecule has 1 aromatic rings. The second-order valence-electron chi connectivity index (χ2n) is 4.41. The number of nitrogen functional groups attached to an aromatic ring is 1. The van der Waals surface area contributed by atoms with E-state index in [0.717, 1.165) is 18.4 Å². The van der Waals surface area contributed by atoms with Crippen LogP contribution in [0.3, 0.4) is 0 Å². The van der Waals surface area contributed by atoms with Crippen LogP contribution in [0, 0.1) is 6.92 Å². The Morgan fingerprint density at radius 2 is 2.11 bits per heavy atom. The molecule has 4 heteroatoms. The molecule has 0 saturated heterocycles. The minimum absolute atomic E-state index is 0.0266. The number of hydrogen-bond donors (Lipinski definition) is 2. The third-order valence-corrected chi connectivity index (χ3v) is 2.99. The zero-order valence-electron chi connectivity index (χ0n) is 11.1. The second-order valence-corrected chi connectivity index (χ2v) is 4.41. The number of nitrogens with two attached hydrogens (primary N) is 1. The number of anilines is 1. The zero-order valence-corrected chi connectivity index (χ0v) is 11.1. The van der Waals surface area contributed by atoms with Crippen molar-refractivity contribution < 1.29 is 9.90 Å². The van der Waals surface area contributed by atoms with Gasteiger partial charge in [-0.3, -0.25) is 4.79 Å². The summed E-state index contributed by atoms with van der Waals surface area (Å²) in [5.74, 6) is -0.0984. The molecule has 0 bridgehead atoms. The van der Waals surface area contributed by atoms with E-state index in [0.29, 0.717) is 24.3 Å². The molecule has 0 aliphatic carbocycles. The largest absolute Gasteiger partial charge is 0.398 e. The van der Waals surface area contributed by atoms with Crippen LogP contribution >= 0.6 is 0 Å². The molecule has 0 unspecified atom stereocenters. The quantitative estimate of drug-likeness (QED) is 0.757. The highest BCUT2D eigenvalue weighted by atomic mass is 16.3. The van der Waals surface area contributed by atoms with Crippen LogP contribution in [-0.4, -0.2) is 35.6 Å². The van der Waals surface area contributed by atoms with Crippen LogP contribution in [0.5, 0.6) is 0 Å². The summed E-state index contributed by atoms with van der Waals surface area (Å²) in [6.45, 7) is 4.94. The number of nitrogens with zero attached hydrogens (tertiary/aromatic N) is 1. The highest BCUT2D eigenvalue weighted by molar-refractivity contribution is 5.99. The lowest BCUT2D eigenvalue weighted by Gasteiger charge is -2.22. The van der Waals surface area contributed by atoms with Crippen LogP contribution < -0.4 is 5.73 Å².